The molecule has 0 spiro atoms. The van der Waals surface area contributed by atoms with Crippen LogP contribution in [0, 0.1) is 44.0 Å². The topological polar surface area (TPSA) is 3.24 Å². The summed E-state index contributed by atoms with van der Waals surface area (Å²) in [5.74, 6) is 8.45. The van der Waals surface area contributed by atoms with Gasteiger partial charge in [-0.05, 0) is 150 Å². The molecule has 66 heavy (non-hydrogen) atoms. The molecule has 330 valence electrons. The Labute approximate surface area is 397 Å². The molecule has 0 amide bonds. The number of anilines is 3. The van der Waals surface area contributed by atoms with Gasteiger partial charge in [0.1, 0.15) is 0 Å². The molecule has 0 radical (unpaired) electrons. The highest BCUT2D eigenvalue weighted by molar-refractivity contribution is 5.83. The minimum Gasteiger partial charge on any atom is -0.311 e. The van der Waals surface area contributed by atoms with E-state index in [4.69, 9.17) is 19.3 Å². The largest absolute Gasteiger partial charge is 0.311 e. The molecule has 0 saturated heterocycles. The van der Waals surface area contributed by atoms with E-state index in [9.17, 15) is 0 Å². The molecular weight excluding hydrogens is 795 g/mol. The van der Waals surface area contributed by atoms with Gasteiger partial charge in [-0.15, -0.1) is 19.3 Å². The average molecular weight is 860 g/mol. The normalized spacial score (nSPS) is 12.8. The Hall–Kier alpha value is -6.98. The van der Waals surface area contributed by atoms with Crippen LogP contribution in [0.1, 0.15) is 136 Å². The maximum Gasteiger partial charge on any atom is 0.0461 e. The van der Waals surface area contributed by atoms with Crippen LogP contribution in [0.4, 0.5) is 17.1 Å². The van der Waals surface area contributed by atoms with Crippen LogP contribution in [-0.2, 0) is 10.8 Å². The van der Waals surface area contributed by atoms with E-state index in [2.05, 4.69) is 209 Å². The predicted molar refractivity (Wildman–Crippen MR) is 284 cm³/mol. The summed E-state index contributed by atoms with van der Waals surface area (Å²) < 4.78 is 0. The van der Waals surface area contributed by atoms with Crippen molar-refractivity contribution in [2.75, 3.05) is 4.90 Å². The van der Waals surface area contributed by atoms with Crippen molar-refractivity contribution in [3.05, 3.63) is 208 Å². The van der Waals surface area contributed by atoms with Crippen molar-refractivity contribution in [2.24, 2.45) is 0 Å². The summed E-state index contributed by atoms with van der Waals surface area (Å²) in [4.78, 5) is 2.26. The monoisotopic (exact) mass is 860 g/mol. The van der Waals surface area contributed by atoms with Crippen LogP contribution in [0.15, 0.2) is 164 Å². The zero-order valence-electron chi connectivity index (χ0n) is 39.8. The number of para-hydroxylation sites is 2. The van der Waals surface area contributed by atoms with Gasteiger partial charge in [0.05, 0.1) is 0 Å². The van der Waals surface area contributed by atoms with Gasteiger partial charge in [-0.2, -0.15) is 0 Å². The molecular formula is C65H65N. The van der Waals surface area contributed by atoms with Crippen molar-refractivity contribution in [3.63, 3.8) is 0 Å². The molecule has 0 atom stereocenters. The number of unbranched alkanes of at least 4 members (excludes halogenated alkanes) is 2. The van der Waals surface area contributed by atoms with Crippen LogP contribution in [0.5, 0.6) is 0 Å². The Morgan fingerprint density at radius 1 is 0.379 bits per heavy atom. The molecule has 2 aliphatic carbocycles. The molecule has 7 aromatic rings. The Morgan fingerprint density at radius 3 is 1.14 bits per heavy atom. The zero-order chi connectivity index (χ0) is 46.5. The van der Waals surface area contributed by atoms with Crippen LogP contribution in [0.3, 0.4) is 0 Å². The highest BCUT2D eigenvalue weighted by Crippen LogP contribution is 2.55. The fourth-order valence-corrected chi connectivity index (χ4v) is 10.7. The third-order valence-electron chi connectivity index (χ3n) is 13.7. The van der Waals surface area contributed by atoms with Crippen molar-refractivity contribution in [3.8, 4) is 59.3 Å². The SMILES string of the molecule is C#Cc1ccc2c(c1)C(CCC)(CCC)c1ccccc1-2.C#Cc1ccc2c(c1)C(CCCC)(CCCC)c1cc(C#C)ccc1-2.Cc1ccc(N(c2ccccc2)c2ccccc2)cc1. The molecule has 0 aromatic heterocycles. The molecule has 0 heterocycles. The number of hydrogen-bond donors (Lipinski definition) is 0. The average Bonchev–Trinajstić information content (AvgIpc) is 3.79. The first kappa shape index (κ1) is 47.0. The van der Waals surface area contributed by atoms with Gasteiger partial charge >= 0.3 is 0 Å². The number of rotatable bonds is 13. The second-order valence-corrected chi connectivity index (χ2v) is 18.0. The van der Waals surface area contributed by atoms with Gasteiger partial charge in [0.15, 0.2) is 0 Å². The Bertz CT molecular complexity index is 2720. The second kappa shape index (κ2) is 21.8. The summed E-state index contributed by atoms with van der Waals surface area (Å²) in [6, 6.07) is 58.0. The number of hydrogen-bond acceptors (Lipinski definition) is 1. The predicted octanol–water partition coefficient (Wildman–Crippen LogP) is 17.3. The first-order valence-electron chi connectivity index (χ1n) is 24.2. The van der Waals surface area contributed by atoms with E-state index in [1.54, 1.807) is 0 Å². The molecule has 0 unspecified atom stereocenters. The lowest BCUT2D eigenvalue weighted by Crippen LogP contribution is -2.25. The van der Waals surface area contributed by atoms with Gasteiger partial charge in [-0.3, -0.25) is 0 Å². The van der Waals surface area contributed by atoms with Crippen molar-refractivity contribution in [1.29, 1.82) is 0 Å². The van der Waals surface area contributed by atoms with Gasteiger partial charge in [0.25, 0.3) is 0 Å². The first-order valence-corrected chi connectivity index (χ1v) is 24.2. The van der Waals surface area contributed by atoms with E-state index in [1.165, 1.54) is 118 Å². The van der Waals surface area contributed by atoms with Crippen LogP contribution in [0.2, 0.25) is 0 Å². The summed E-state index contributed by atoms with van der Waals surface area (Å²) in [7, 11) is 0. The minimum absolute atomic E-state index is 0.0520. The molecule has 0 aliphatic heterocycles. The Morgan fingerprint density at radius 2 is 0.742 bits per heavy atom. The maximum absolute atomic E-state index is 5.71. The van der Waals surface area contributed by atoms with Crippen LogP contribution in [-0.4, -0.2) is 0 Å². The molecule has 7 aromatic carbocycles. The van der Waals surface area contributed by atoms with Gasteiger partial charge in [-0.1, -0.05) is 181 Å². The standard InChI is InChI=1S/C25H26.C21H22.C19H17N/c1-5-9-15-25(16-10-6-2)23-17-19(7-3)11-13-21(23)22-14-12-20(8-4)18-24(22)25;1-4-13-21(14-5-2)19-10-8-7-9-17(19)18-12-11-16(6-3)15-20(18)21;1-16-12-14-19(15-13-16)20(17-8-4-2-5-9-17)18-10-6-3-7-11-18/h3-4,11-14,17-18H,5-6,9-10,15-16H2,1-2H3;3,7-12,15H,4-5,13-14H2,1-2H3;2-15H,1H3. The van der Waals surface area contributed by atoms with Gasteiger partial charge in [0.2, 0.25) is 0 Å². The number of benzene rings is 7. The molecule has 1 nitrogen and oxygen atoms in total. The van der Waals surface area contributed by atoms with Crippen LogP contribution >= 0.6 is 0 Å². The molecule has 9 rings (SSSR count). The molecule has 0 saturated carbocycles. The fraction of sp³-hybridized carbons (Fsp3) is 0.262. The third kappa shape index (κ3) is 9.53. The quantitative estimate of drug-likeness (QED) is 0.104. The van der Waals surface area contributed by atoms with E-state index < -0.39 is 0 Å². The van der Waals surface area contributed by atoms with E-state index in [0.717, 1.165) is 29.5 Å². The van der Waals surface area contributed by atoms with Crippen LogP contribution < -0.4 is 4.90 Å². The smallest absolute Gasteiger partial charge is 0.0461 e. The van der Waals surface area contributed by atoms with E-state index in [1.807, 2.05) is 12.1 Å². The summed E-state index contributed by atoms with van der Waals surface area (Å²) in [5.41, 5.74) is 19.2. The minimum atomic E-state index is 0.0520. The number of fused-ring (bicyclic) bond motifs is 6. The fourth-order valence-electron chi connectivity index (χ4n) is 10.7. The van der Waals surface area contributed by atoms with Crippen molar-refractivity contribution in [2.45, 2.75) is 110 Å². The van der Waals surface area contributed by atoms with E-state index >= 15 is 0 Å². The molecule has 2 aliphatic rings. The van der Waals surface area contributed by atoms with E-state index in [-0.39, 0.29) is 10.8 Å². The zero-order valence-corrected chi connectivity index (χ0v) is 39.8. The molecule has 0 N–H and O–H groups in total. The number of terminal acetylenes is 3. The lowest BCUT2D eigenvalue weighted by molar-refractivity contribution is 0.414. The number of aryl methyl sites for hydroxylation is 1. The Kier molecular flexibility index (Phi) is 15.5. The van der Waals surface area contributed by atoms with Crippen molar-refractivity contribution < 1.29 is 0 Å². The lowest BCUT2D eigenvalue weighted by atomic mass is 9.70. The van der Waals surface area contributed by atoms with Gasteiger partial charge in [-0.25, -0.2) is 0 Å². The maximum atomic E-state index is 5.71. The van der Waals surface area contributed by atoms with E-state index in [0.29, 0.717) is 0 Å². The van der Waals surface area contributed by atoms with Crippen LogP contribution in [0.25, 0.3) is 22.3 Å². The summed E-state index contributed by atoms with van der Waals surface area (Å²) in [6.45, 7) is 11.2. The number of nitrogens with zero attached hydrogens (tertiary/aromatic N) is 1. The lowest BCUT2D eigenvalue weighted by Gasteiger charge is -2.33. The van der Waals surface area contributed by atoms with Crippen molar-refractivity contribution in [1.82, 2.24) is 0 Å². The summed E-state index contributed by atoms with van der Waals surface area (Å²) >= 11 is 0. The molecule has 1 heteroatoms. The summed E-state index contributed by atoms with van der Waals surface area (Å²) in [5, 5.41) is 0. The highest BCUT2D eigenvalue weighted by atomic mass is 15.1. The molecule has 0 bridgehead atoms. The first-order chi connectivity index (χ1) is 32.3. The highest BCUT2D eigenvalue weighted by Gasteiger charge is 2.43. The molecule has 0 fully saturated rings. The third-order valence-corrected chi connectivity index (χ3v) is 13.7. The van der Waals surface area contributed by atoms with Gasteiger partial charge < -0.3 is 4.90 Å². The van der Waals surface area contributed by atoms with Crippen molar-refractivity contribution >= 4 is 17.1 Å². The second-order valence-electron chi connectivity index (χ2n) is 18.0. The van der Waals surface area contributed by atoms with Gasteiger partial charge in [0, 0.05) is 44.6 Å². The Balaban J connectivity index is 0.000000148. The summed E-state index contributed by atoms with van der Waals surface area (Å²) in [6.07, 6.45) is 28.9.